The first-order valence-electron chi connectivity index (χ1n) is 10.2. The summed E-state index contributed by atoms with van der Waals surface area (Å²) >= 11 is 0. The van der Waals surface area contributed by atoms with Crippen molar-refractivity contribution in [2.75, 3.05) is 13.2 Å². The second kappa shape index (κ2) is 8.22. The van der Waals surface area contributed by atoms with Gasteiger partial charge in [-0.1, -0.05) is 48.5 Å². The number of alkyl halides is 2. The van der Waals surface area contributed by atoms with E-state index in [9.17, 15) is 23.2 Å². The van der Waals surface area contributed by atoms with Gasteiger partial charge in [-0.05, 0) is 29.2 Å². The van der Waals surface area contributed by atoms with Crippen LogP contribution in [-0.2, 0) is 14.3 Å². The maximum Gasteiger partial charge on any atom is 0.407 e. The first kappa shape index (κ1) is 21.7. The minimum atomic E-state index is -3.32. The lowest BCUT2D eigenvalue weighted by molar-refractivity contribution is -0.141. The van der Waals surface area contributed by atoms with Crippen LogP contribution in [0.2, 0.25) is 0 Å². The number of nitrogens with one attached hydrogen (secondary N) is 2. The zero-order valence-electron chi connectivity index (χ0n) is 17.2. The number of carboxylic acids is 1. The molecule has 3 atom stereocenters. The molecule has 2 aromatic rings. The number of carboxylic acid groups (broad SMARTS) is 1. The van der Waals surface area contributed by atoms with Gasteiger partial charge in [-0.3, -0.25) is 9.59 Å². The number of ether oxygens (including phenoxy) is 1. The Morgan fingerprint density at radius 1 is 1.06 bits per heavy atom. The summed E-state index contributed by atoms with van der Waals surface area (Å²) in [7, 11) is 0. The third-order valence-corrected chi connectivity index (χ3v) is 6.02. The molecule has 9 heteroatoms. The average Bonchev–Trinajstić information content (AvgIpc) is 3.17. The van der Waals surface area contributed by atoms with Gasteiger partial charge in [0.25, 0.3) is 5.92 Å². The summed E-state index contributed by atoms with van der Waals surface area (Å²) in [5, 5.41) is 13.1. The van der Waals surface area contributed by atoms with Crippen molar-refractivity contribution in [1.82, 2.24) is 10.6 Å². The van der Waals surface area contributed by atoms with Crippen LogP contribution in [0.15, 0.2) is 48.5 Å². The zero-order valence-corrected chi connectivity index (χ0v) is 17.2. The molecule has 0 radical (unpaired) electrons. The molecule has 2 aromatic carbocycles. The molecule has 168 valence electrons. The third-order valence-electron chi connectivity index (χ3n) is 6.02. The van der Waals surface area contributed by atoms with E-state index in [1.54, 1.807) is 0 Å². The van der Waals surface area contributed by atoms with Gasteiger partial charge < -0.3 is 20.5 Å². The molecule has 0 spiro atoms. The van der Waals surface area contributed by atoms with Crippen molar-refractivity contribution in [2.45, 2.75) is 24.8 Å². The quantitative estimate of drug-likeness (QED) is 0.609. The Labute approximate surface area is 182 Å². The number of carbonyl (C=O) groups is 3. The van der Waals surface area contributed by atoms with Crippen LogP contribution in [0.25, 0.3) is 11.1 Å². The molecule has 2 aliphatic rings. The van der Waals surface area contributed by atoms with Crippen LogP contribution in [0.3, 0.4) is 0 Å². The van der Waals surface area contributed by atoms with E-state index in [2.05, 4.69) is 5.32 Å². The summed E-state index contributed by atoms with van der Waals surface area (Å²) in [6, 6.07) is 14.3. The molecule has 1 unspecified atom stereocenters. The molecular weight excluding hydrogens is 422 g/mol. The minimum absolute atomic E-state index is 0.0426. The third kappa shape index (κ3) is 3.90. The smallest absolute Gasteiger partial charge is 0.407 e. The van der Waals surface area contributed by atoms with Crippen LogP contribution in [0, 0.1) is 11.8 Å². The predicted molar refractivity (Wildman–Crippen MR) is 110 cm³/mol. The Morgan fingerprint density at radius 2 is 1.62 bits per heavy atom. The lowest BCUT2D eigenvalue weighted by Crippen LogP contribution is -2.40. The highest BCUT2D eigenvalue weighted by atomic mass is 19.3. The Hall–Kier alpha value is -3.49. The molecule has 2 aliphatic carbocycles. The number of carbonyl (C=O) groups excluding carboxylic acids is 2. The highest BCUT2D eigenvalue weighted by molar-refractivity contribution is 5.88. The fourth-order valence-electron chi connectivity index (χ4n) is 4.21. The lowest BCUT2D eigenvalue weighted by Gasteiger charge is -2.14. The maximum absolute atomic E-state index is 14.0. The number of amides is 2. The van der Waals surface area contributed by atoms with Crippen molar-refractivity contribution < 1.29 is 33.0 Å². The highest BCUT2D eigenvalue weighted by Crippen LogP contribution is 2.55. The van der Waals surface area contributed by atoms with Crippen LogP contribution in [0.5, 0.6) is 0 Å². The molecule has 1 saturated carbocycles. The Morgan fingerprint density at radius 3 is 2.19 bits per heavy atom. The largest absolute Gasteiger partial charge is 0.480 e. The number of halogens is 2. The Kier molecular flexibility index (Phi) is 5.58. The van der Waals surface area contributed by atoms with Gasteiger partial charge in [-0.25, -0.2) is 13.6 Å². The van der Waals surface area contributed by atoms with Crippen molar-refractivity contribution in [3.05, 3.63) is 59.7 Å². The summed E-state index contributed by atoms with van der Waals surface area (Å²) in [6.45, 7) is 0.773. The molecule has 4 rings (SSSR count). The van der Waals surface area contributed by atoms with Crippen molar-refractivity contribution in [3.8, 4) is 11.1 Å². The molecule has 0 heterocycles. The van der Waals surface area contributed by atoms with Crippen molar-refractivity contribution in [2.24, 2.45) is 11.8 Å². The van der Waals surface area contributed by atoms with Gasteiger partial charge in [0.2, 0.25) is 5.91 Å². The van der Waals surface area contributed by atoms with Crippen molar-refractivity contribution >= 4 is 18.0 Å². The number of benzene rings is 2. The van der Waals surface area contributed by atoms with Gasteiger partial charge >= 0.3 is 12.1 Å². The number of rotatable bonds is 7. The van der Waals surface area contributed by atoms with Crippen LogP contribution >= 0.6 is 0 Å². The van der Waals surface area contributed by atoms with E-state index in [1.807, 2.05) is 53.8 Å². The van der Waals surface area contributed by atoms with Gasteiger partial charge in [0, 0.05) is 12.5 Å². The molecule has 0 bridgehead atoms. The highest BCUT2D eigenvalue weighted by Gasteiger charge is 2.71. The van der Waals surface area contributed by atoms with E-state index in [1.165, 1.54) is 6.92 Å². The summed E-state index contributed by atoms with van der Waals surface area (Å²) in [5.74, 6) is -8.95. The SMILES string of the molecule is CC(NC(=O)[C@@H]1[C@H](CNC(=O)OCC2c3ccccc3-c3ccccc32)C1(F)F)C(=O)O. The molecule has 2 amide bonds. The first-order valence-corrected chi connectivity index (χ1v) is 10.2. The van der Waals surface area contributed by atoms with Crippen LogP contribution < -0.4 is 10.6 Å². The Balaban J connectivity index is 1.32. The molecule has 3 N–H and O–H groups in total. The van der Waals surface area contributed by atoms with Gasteiger partial charge in [-0.15, -0.1) is 0 Å². The topological polar surface area (TPSA) is 105 Å². The van der Waals surface area contributed by atoms with Crippen LogP contribution in [-0.4, -0.2) is 48.2 Å². The maximum atomic E-state index is 14.0. The van der Waals surface area contributed by atoms with E-state index in [4.69, 9.17) is 9.84 Å². The number of alkyl carbamates (subject to hydrolysis) is 1. The van der Waals surface area contributed by atoms with E-state index < -0.39 is 48.3 Å². The molecule has 7 nitrogen and oxygen atoms in total. The van der Waals surface area contributed by atoms with Gasteiger partial charge in [0.1, 0.15) is 18.6 Å². The van der Waals surface area contributed by atoms with E-state index in [0.29, 0.717) is 0 Å². The fraction of sp³-hybridized carbons (Fsp3) is 0.348. The van der Waals surface area contributed by atoms with Crippen molar-refractivity contribution in [3.63, 3.8) is 0 Å². The van der Waals surface area contributed by atoms with Crippen LogP contribution in [0.4, 0.5) is 13.6 Å². The Bertz CT molecular complexity index is 1030. The summed E-state index contributed by atoms with van der Waals surface area (Å²) in [5.41, 5.74) is 4.19. The monoisotopic (exact) mass is 444 g/mol. The van der Waals surface area contributed by atoms with Gasteiger partial charge in [-0.2, -0.15) is 0 Å². The van der Waals surface area contributed by atoms with Gasteiger partial charge in [0.15, 0.2) is 0 Å². The normalized spacial score (nSPS) is 21.1. The standard InChI is InChI=1S/C23H22F2N2O5/c1-12(21(29)30)27-20(28)19-18(23(19,24)25)10-26-22(31)32-11-17-15-8-4-2-6-13(15)14-7-3-5-9-16(14)17/h2-9,12,17-19H,10-11H2,1H3,(H,26,31)(H,27,28)(H,29,30)/t12?,18-,19-/m0/s1. The minimum Gasteiger partial charge on any atom is -0.480 e. The van der Waals surface area contributed by atoms with E-state index in [-0.39, 0.29) is 12.5 Å². The molecule has 0 saturated heterocycles. The summed E-state index contributed by atoms with van der Waals surface area (Å²) in [4.78, 5) is 34.9. The zero-order chi connectivity index (χ0) is 23.0. The predicted octanol–water partition coefficient (Wildman–Crippen LogP) is 3.00. The number of hydrogen-bond acceptors (Lipinski definition) is 4. The van der Waals surface area contributed by atoms with E-state index in [0.717, 1.165) is 22.3 Å². The van der Waals surface area contributed by atoms with E-state index >= 15 is 0 Å². The molecule has 0 aliphatic heterocycles. The summed E-state index contributed by atoms with van der Waals surface area (Å²) in [6.07, 6.45) is -0.854. The van der Waals surface area contributed by atoms with Gasteiger partial charge in [0.05, 0.1) is 5.92 Å². The number of hydrogen-bond donors (Lipinski definition) is 3. The molecular formula is C23H22F2N2O5. The summed E-state index contributed by atoms with van der Waals surface area (Å²) < 4.78 is 33.3. The average molecular weight is 444 g/mol. The number of fused-ring (bicyclic) bond motifs is 3. The molecule has 0 aromatic heterocycles. The number of aliphatic carboxylic acids is 1. The molecule has 32 heavy (non-hydrogen) atoms. The lowest BCUT2D eigenvalue weighted by atomic mass is 9.98. The molecule has 1 fully saturated rings. The second-order valence-corrected chi connectivity index (χ2v) is 8.03. The fourth-order valence-corrected chi connectivity index (χ4v) is 4.21. The van der Waals surface area contributed by atoms with Crippen molar-refractivity contribution in [1.29, 1.82) is 0 Å². The first-order chi connectivity index (χ1) is 15.2. The van der Waals surface area contributed by atoms with Crippen LogP contribution in [0.1, 0.15) is 24.0 Å². The second-order valence-electron chi connectivity index (χ2n) is 8.03.